The van der Waals surface area contributed by atoms with Gasteiger partial charge in [-0.05, 0) is 72.4 Å². The highest BCUT2D eigenvalue weighted by Gasteiger charge is 2.44. The molecule has 0 spiro atoms. The van der Waals surface area contributed by atoms with Gasteiger partial charge in [-0.25, -0.2) is 0 Å². The first kappa shape index (κ1) is 28.2. The molecule has 0 aliphatic carbocycles. The first-order valence-corrected chi connectivity index (χ1v) is 14.0. The maximum absolute atomic E-state index is 14.1. The van der Waals surface area contributed by atoms with Gasteiger partial charge in [0.25, 0.3) is 0 Å². The number of carbonyl (C=O) groups excluding carboxylic acids is 1. The van der Waals surface area contributed by atoms with E-state index in [-0.39, 0.29) is 29.8 Å². The second kappa shape index (κ2) is 13.3. The van der Waals surface area contributed by atoms with Crippen molar-refractivity contribution in [2.45, 2.75) is 50.7 Å². The van der Waals surface area contributed by atoms with Crippen molar-refractivity contribution in [3.8, 4) is 5.75 Å². The van der Waals surface area contributed by atoms with Gasteiger partial charge < -0.3 is 15.0 Å². The molecule has 1 heterocycles. The van der Waals surface area contributed by atoms with E-state index in [2.05, 4.69) is 54.1 Å². The van der Waals surface area contributed by atoms with Crippen LogP contribution < -0.4 is 10.1 Å². The van der Waals surface area contributed by atoms with Crippen LogP contribution in [0.1, 0.15) is 54.8 Å². The average Bonchev–Trinajstić information content (AvgIpc) is 2.93. The number of ether oxygens (including phenoxy) is 1. The molecule has 3 aromatic rings. The summed E-state index contributed by atoms with van der Waals surface area (Å²) in [6.45, 7) is 7.49. The normalized spacial score (nSPS) is 20.3. The number of hydrogen-bond donors (Lipinski definition) is 1. The third kappa shape index (κ3) is 6.61. The van der Waals surface area contributed by atoms with Crippen molar-refractivity contribution < 1.29 is 9.53 Å². The van der Waals surface area contributed by atoms with Crippen molar-refractivity contribution in [2.24, 2.45) is 5.92 Å². The Balaban J connectivity index is 1.68. The minimum atomic E-state index is -0.132. The topological polar surface area (TPSA) is 41.6 Å². The van der Waals surface area contributed by atoms with Crippen LogP contribution in [0.2, 0.25) is 10.0 Å². The van der Waals surface area contributed by atoms with Crippen molar-refractivity contribution in [1.82, 2.24) is 10.2 Å². The lowest BCUT2D eigenvalue weighted by atomic mass is 9.74. The summed E-state index contributed by atoms with van der Waals surface area (Å²) in [5, 5.41) is 4.99. The van der Waals surface area contributed by atoms with Crippen molar-refractivity contribution in [3.63, 3.8) is 0 Å². The quantitative estimate of drug-likeness (QED) is 0.247. The lowest BCUT2D eigenvalue weighted by Crippen LogP contribution is -2.54. The number of nitrogens with one attached hydrogen (secondary N) is 1. The molecule has 4 nitrogen and oxygen atoms in total. The van der Waals surface area contributed by atoms with Crippen LogP contribution in [0.25, 0.3) is 0 Å². The molecule has 1 fully saturated rings. The highest BCUT2D eigenvalue weighted by atomic mass is 35.5. The molecule has 1 aliphatic heterocycles. The smallest absolute Gasteiger partial charge is 0.226 e. The van der Waals surface area contributed by atoms with Gasteiger partial charge in [0, 0.05) is 41.0 Å². The van der Waals surface area contributed by atoms with Gasteiger partial charge in [0.15, 0.2) is 0 Å². The minimum Gasteiger partial charge on any atom is -0.497 e. The maximum Gasteiger partial charge on any atom is 0.226 e. The fraction of sp³-hybridized carbons (Fsp3) is 0.344. The highest BCUT2D eigenvalue weighted by Crippen LogP contribution is 2.47. The van der Waals surface area contributed by atoms with Gasteiger partial charge in [-0.3, -0.25) is 4.79 Å². The summed E-state index contributed by atoms with van der Waals surface area (Å²) in [4.78, 5) is 16.2. The molecule has 4 atom stereocenters. The number of likely N-dealkylation sites (tertiary alicyclic amines) is 1. The average molecular weight is 552 g/mol. The number of amides is 1. The van der Waals surface area contributed by atoms with Gasteiger partial charge in [0.1, 0.15) is 5.75 Å². The Bertz CT molecular complexity index is 1210. The van der Waals surface area contributed by atoms with Crippen LogP contribution in [0.3, 0.4) is 0 Å². The van der Waals surface area contributed by atoms with E-state index in [0.717, 1.165) is 29.7 Å². The van der Waals surface area contributed by atoms with E-state index in [0.29, 0.717) is 29.6 Å². The van der Waals surface area contributed by atoms with E-state index < -0.39 is 0 Å². The maximum atomic E-state index is 14.1. The third-order valence-electron chi connectivity index (χ3n) is 7.50. The molecular weight excluding hydrogens is 515 g/mol. The van der Waals surface area contributed by atoms with Crippen LogP contribution in [0, 0.1) is 5.92 Å². The van der Waals surface area contributed by atoms with Crippen LogP contribution in [0.15, 0.2) is 85.5 Å². The van der Waals surface area contributed by atoms with Gasteiger partial charge in [-0.2, -0.15) is 0 Å². The summed E-state index contributed by atoms with van der Waals surface area (Å²) in [6.07, 6.45) is 4.08. The standard InChI is InChI=1S/C32H36Cl2N2O2/c1-4-7-25-19-30(24-8-6-9-27(34)18-24)31(23-12-14-26(33)15-13-23)36(32(25)37)28(5-2)21-35-20-22-10-16-29(38-3)17-11-22/h4,6,8-18,25,28,30-31,35H,1,5,7,19-21H2,2-3H3. The number of nitrogens with zero attached hydrogens (tertiary/aromatic N) is 1. The first-order valence-electron chi connectivity index (χ1n) is 13.2. The van der Waals surface area contributed by atoms with E-state index in [1.165, 1.54) is 5.56 Å². The molecule has 200 valence electrons. The number of carbonyl (C=O) groups is 1. The zero-order chi connectivity index (χ0) is 27.1. The summed E-state index contributed by atoms with van der Waals surface area (Å²) in [6, 6.07) is 23.9. The van der Waals surface area contributed by atoms with Gasteiger partial charge in [0.2, 0.25) is 5.91 Å². The highest BCUT2D eigenvalue weighted by molar-refractivity contribution is 6.30. The van der Waals surface area contributed by atoms with Crippen molar-refractivity contribution in [2.75, 3.05) is 13.7 Å². The van der Waals surface area contributed by atoms with Crippen molar-refractivity contribution >= 4 is 29.1 Å². The molecule has 4 unspecified atom stereocenters. The molecule has 0 radical (unpaired) electrons. The molecule has 0 bridgehead atoms. The lowest BCUT2D eigenvalue weighted by Gasteiger charge is -2.48. The molecule has 0 saturated carbocycles. The molecule has 1 amide bonds. The Labute approximate surface area is 236 Å². The molecule has 1 saturated heterocycles. The van der Waals surface area contributed by atoms with Crippen molar-refractivity contribution in [1.29, 1.82) is 0 Å². The lowest BCUT2D eigenvalue weighted by molar-refractivity contribution is -0.146. The van der Waals surface area contributed by atoms with Crippen LogP contribution in [-0.2, 0) is 11.3 Å². The summed E-state index contributed by atoms with van der Waals surface area (Å²) in [5.74, 6) is 0.982. The predicted molar refractivity (Wildman–Crippen MR) is 157 cm³/mol. The van der Waals surface area contributed by atoms with E-state index in [1.54, 1.807) is 7.11 Å². The van der Waals surface area contributed by atoms with Crippen LogP contribution in [0.4, 0.5) is 0 Å². The Morgan fingerprint density at radius 1 is 1.05 bits per heavy atom. The zero-order valence-electron chi connectivity index (χ0n) is 22.1. The SMILES string of the molecule is C=CCC1CC(c2cccc(Cl)c2)C(c2ccc(Cl)cc2)N(C(CC)CNCc2ccc(OC)cc2)C1=O. The molecular formula is C32H36Cl2N2O2. The van der Waals surface area contributed by atoms with Crippen molar-refractivity contribution in [3.05, 3.63) is 112 Å². The van der Waals surface area contributed by atoms with Crippen LogP contribution in [0.5, 0.6) is 5.75 Å². The fourth-order valence-corrected chi connectivity index (χ4v) is 5.88. The number of benzene rings is 3. The monoisotopic (exact) mass is 550 g/mol. The number of halogens is 2. The second-order valence-electron chi connectivity index (χ2n) is 9.90. The number of piperidine rings is 1. The fourth-order valence-electron chi connectivity index (χ4n) is 5.56. The Hall–Kier alpha value is -2.79. The first-order chi connectivity index (χ1) is 18.4. The Morgan fingerprint density at radius 2 is 1.79 bits per heavy atom. The molecule has 38 heavy (non-hydrogen) atoms. The van der Waals surface area contributed by atoms with Gasteiger partial charge >= 0.3 is 0 Å². The summed E-state index contributed by atoms with van der Waals surface area (Å²) in [7, 11) is 1.67. The molecule has 4 rings (SSSR count). The zero-order valence-corrected chi connectivity index (χ0v) is 23.6. The minimum absolute atomic E-state index is 0.00993. The number of hydrogen-bond acceptors (Lipinski definition) is 3. The van der Waals surface area contributed by atoms with Crippen LogP contribution >= 0.6 is 23.2 Å². The molecule has 1 aliphatic rings. The van der Waals surface area contributed by atoms with E-state index in [4.69, 9.17) is 27.9 Å². The van der Waals surface area contributed by atoms with E-state index in [9.17, 15) is 4.79 Å². The number of rotatable bonds is 11. The molecule has 0 aromatic heterocycles. The van der Waals surface area contributed by atoms with Gasteiger partial charge in [-0.1, -0.05) is 72.6 Å². The Morgan fingerprint density at radius 3 is 2.42 bits per heavy atom. The summed E-state index contributed by atoms with van der Waals surface area (Å²) >= 11 is 12.7. The number of allylic oxidation sites excluding steroid dienone is 1. The van der Waals surface area contributed by atoms with E-state index in [1.807, 2.05) is 48.5 Å². The second-order valence-corrected chi connectivity index (χ2v) is 10.8. The molecule has 3 aromatic carbocycles. The summed E-state index contributed by atoms with van der Waals surface area (Å²) < 4.78 is 5.28. The van der Waals surface area contributed by atoms with Gasteiger partial charge in [-0.15, -0.1) is 6.58 Å². The number of methoxy groups -OCH3 is 1. The molecule has 1 N–H and O–H groups in total. The molecule has 6 heteroatoms. The summed E-state index contributed by atoms with van der Waals surface area (Å²) in [5.41, 5.74) is 3.39. The largest absolute Gasteiger partial charge is 0.497 e. The van der Waals surface area contributed by atoms with E-state index >= 15 is 0 Å². The van der Waals surface area contributed by atoms with Gasteiger partial charge in [0.05, 0.1) is 13.2 Å². The van der Waals surface area contributed by atoms with Crippen LogP contribution in [-0.4, -0.2) is 30.5 Å². The predicted octanol–water partition coefficient (Wildman–Crippen LogP) is 7.82. The third-order valence-corrected chi connectivity index (χ3v) is 7.98. The Kier molecular flexibility index (Phi) is 9.90.